The van der Waals surface area contributed by atoms with E-state index in [0.29, 0.717) is 0 Å². The summed E-state index contributed by atoms with van der Waals surface area (Å²) in [5.41, 5.74) is 4.24. The number of hydrogen-bond acceptors (Lipinski definition) is 2. The molecule has 0 spiro atoms. The lowest BCUT2D eigenvalue weighted by atomic mass is 10.2. The van der Waals surface area contributed by atoms with Crippen molar-refractivity contribution in [2.24, 2.45) is 7.05 Å². The van der Waals surface area contributed by atoms with Gasteiger partial charge >= 0.3 is 0 Å². The Morgan fingerprint density at radius 1 is 1.11 bits per heavy atom. The third kappa shape index (κ3) is 1.56. The predicted molar refractivity (Wildman–Crippen MR) is 72.6 cm³/mol. The molecule has 2 aromatic carbocycles. The lowest BCUT2D eigenvalue weighted by Crippen LogP contribution is -1.93. The van der Waals surface area contributed by atoms with E-state index < -0.39 is 0 Å². The molecule has 0 saturated heterocycles. The molecule has 3 rings (SSSR count). The van der Waals surface area contributed by atoms with Crippen LogP contribution in [-0.4, -0.2) is 14.7 Å². The van der Waals surface area contributed by atoms with Crippen LogP contribution in [0, 0.1) is 6.92 Å². The van der Waals surface area contributed by atoms with Gasteiger partial charge in [0, 0.05) is 12.6 Å². The molecule has 3 aromatic rings. The first-order chi connectivity index (χ1) is 8.66. The standard InChI is InChI=1S/C15H14N2O/c1-10-5-3-8-13-14(10)17(2)15(16-13)11-6-4-7-12(18)9-11/h3-9,18H,1-2H3. The predicted octanol–water partition coefficient (Wildman–Crippen LogP) is 3.25. The van der Waals surface area contributed by atoms with Crippen LogP contribution in [0.5, 0.6) is 5.75 Å². The number of nitrogens with zero attached hydrogens (tertiary/aromatic N) is 2. The van der Waals surface area contributed by atoms with Gasteiger partial charge in [-0.3, -0.25) is 0 Å². The molecule has 3 nitrogen and oxygen atoms in total. The van der Waals surface area contributed by atoms with Gasteiger partial charge in [0.1, 0.15) is 11.6 Å². The molecule has 0 fully saturated rings. The lowest BCUT2D eigenvalue weighted by Gasteiger charge is -2.04. The second-order valence-corrected chi connectivity index (χ2v) is 4.49. The summed E-state index contributed by atoms with van der Waals surface area (Å²) in [6.45, 7) is 2.08. The van der Waals surface area contributed by atoms with Gasteiger partial charge in [0.05, 0.1) is 11.0 Å². The van der Waals surface area contributed by atoms with E-state index >= 15 is 0 Å². The molecular formula is C15H14N2O. The molecule has 0 aliphatic carbocycles. The fourth-order valence-electron chi connectivity index (χ4n) is 2.37. The van der Waals surface area contributed by atoms with E-state index in [-0.39, 0.29) is 5.75 Å². The number of aromatic hydroxyl groups is 1. The smallest absolute Gasteiger partial charge is 0.141 e. The minimum absolute atomic E-state index is 0.260. The van der Waals surface area contributed by atoms with Gasteiger partial charge in [-0.15, -0.1) is 0 Å². The maximum atomic E-state index is 9.56. The van der Waals surface area contributed by atoms with Crippen LogP contribution < -0.4 is 0 Å². The molecule has 90 valence electrons. The van der Waals surface area contributed by atoms with E-state index in [2.05, 4.69) is 22.5 Å². The van der Waals surface area contributed by atoms with Crippen molar-refractivity contribution in [2.45, 2.75) is 6.92 Å². The van der Waals surface area contributed by atoms with E-state index in [1.54, 1.807) is 12.1 Å². The largest absolute Gasteiger partial charge is 0.508 e. The van der Waals surface area contributed by atoms with Gasteiger partial charge in [0.15, 0.2) is 0 Å². The normalized spacial score (nSPS) is 11.0. The number of imidazole rings is 1. The third-order valence-corrected chi connectivity index (χ3v) is 3.20. The fourth-order valence-corrected chi connectivity index (χ4v) is 2.37. The van der Waals surface area contributed by atoms with E-state index in [0.717, 1.165) is 22.4 Å². The molecule has 18 heavy (non-hydrogen) atoms. The highest BCUT2D eigenvalue weighted by molar-refractivity contribution is 5.83. The Labute approximate surface area is 105 Å². The molecule has 0 saturated carbocycles. The van der Waals surface area contributed by atoms with Crippen LogP contribution in [0.4, 0.5) is 0 Å². The summed E-state index contributed by atoms with van der Waals surface area (Å²) >= 11 is 0. The summed E-state index contributed by atoms with van der Waals surface area (Å²) in [6.07, 6.45) is 0. The van der Waals surface area contributed by atoms with Crippen molar-refractivity contribution in [1.29, 1.82) is 0 Å². The van der Waals surface area contributed by atoms with Crippen molar-refractivity contribution in [3.8, 4) is 17.1 Å². The maximum Gasteiger partial charge on any atom is 0.141 e. The summed E-state index contributed by atoms with van der Waals surface area (Å²) in [7, 11) is 2.00. The number of aryl methyl sites for hydroxylation is 2. The molecule has 0 unspecified atom stereocenters. The zero-order valence-corrected chi connectivity index (χ0v) is 10.4. The Balaban J connectivity index is 2.31. The molecule has 1 heterocycles. The van der Waals surface area contributed by atoms with Crippen LogP contribution in [0.25, 0.3) is 22.4 Å². The second kappa shape index (κ2) is 3.88. The third-order valence-electron chi connectivity index (χ3n) is 3.20. The maximum absolute atomic E-state index is 9.56. The van der Waals surface area contributed by atoms with Crippen molar-refractivity contribution in [3.63, 3.8) is 0 Å². The molecule has 0 aliphatic heterocycles. The summed E-state index contributed by atoms with van der Waals surface area (Å²) in [4.78, 5) is 4.64. The van der Waals surface area contributed by atoms with Gasteiger partial charge in [-0.05, 0) is 30.7 Å². The average Bonchev–Trinajstić information content (AvgIpc) is 2.68. The van der Waals surface area contributed by atoms with Crippen LogP contribution in [-0.2, 0) is 7.05 Å². The topological polar surface area (TPSA) is 38.1 Å². The zero-order valence-electron chi connectivity index (χ0n) is 10.4. The number of benzene rings is 2. The summed E-state index contributed by atoms with van der Waals surface area (Å²) in [6, 6.07) is 13.3. The molecule has 1 aromatic heterocycles. The van der Waals surface area contributed by atoms with Crippen LogP contribution in [0.3, 0.4) is 0 Å². The Morgan fingerprint density at radius 2 is 1.89 bits per heavy atom. The summed E-state index contributed by atoms with van der Waals surface area (Å²) in [5.74, 6) is 1.13. The van der Waals surface area contributed by atoms with Gasteiger partial charge in [-0.1, -0.05) is 24.3 Å². The van der Waals surface area contributed by atoms with Crippen molar-refractivity contribution < 1.29 is 5.11 Å². The van der Waals surface area contributed by atoms with Crippen LogP contribution in [0.1, 0.15) is 5.56 Å². The van der Waals surface area contributed by atoms with Crippen molar-refractivity contribution in [3.05, 3.63) is 48.0 Å². The first-order valence-corrected chi connectivity index (χ1v) is 5.88. The number of rotatable bonds is 1. The van der Waals surface area contributed by atoms with E-state index in [1.807, 2.05) is 31.3 Å². The van der Waals surface area contributed by atoms with Gasteiger partial charge in [0.2, 0.25) is 0 Å². The molecule has 0 aliphatic rings. The van der Waals surface area contributed by atoms with Gasteiger partial charge in [-0.25, -0.2) is 4.98 Å². The number of fused-ring (bicyclic) bond motifs is 1. The summed E-state index contributed by atoms with van der Waals surface area (Å²) in [5, 5.41) is 9.56. The molecular weight excluding hydrogens is 224 g/mol. The summed E-state index contributed by atoms with van der Waals surface area (Å²) < 4.78 is 2.07. The van der Waals surface area contributed by atoms with E-state index in [1.165, 1.54) is 5.56 Å². The number of hydrogen-bond donors (Lipinski definition) is 1. The number of para-hydroxylation sites is 1. The number of phenolic OH excluding ortho intramolecular Hbond substituents is 1. The first kappa shape index (κ1) is 10.8. The Bertz CT molecular complexity index is 728. The van der Waals surface area contributed by atoms with Gasteiger partial charge in [0.25, 0.3) is 0 Å². The van der Waals surface area contributed by atoms with Crippen molar-refractivity contribution in [1.82, 2.24) is 9.55 Å². The minimum Gasteiger partial charge on any atom is -0.508 e. The molecule has 0 amide bonds. The minimum atomic E-state index is 0.260. The molecule has 3 heteroatoms. The number of aromatic nitrogens is 2. The van der Waals surface area contributed by atoms with E-state index in [4.69, 9.17) is 0 Å². The quantitative estimate of drug-likeness (QED) is 0.706. The van der Waals surface area contributed by atoms with Crippen LogP contribution in [0.15, 0.2) is 42.5 Å². The van der Waals surface area contributed by atoms with Crippen molar-refractivity contribution >= 4 is 11.0 Å². The first-order valence-electron chi connectivity index (χ1n) is 5.88. The highest BCUT2D eigenvalue weighted by Crippen LogP contribution is 2.27. The fraction of sp³-hybridized carbons (Fsp3) is 0.133. The highest BCUT2D eigenvalue weighted by Gasteiger charge is 2.11. The van der Waals surface area contributed by atoms with E-state index in [9.17, 15) is 5.11 Å². The monoisotopic (exact) mass is 238 g/mol. The van der Waals surface area contributed by atoms with Crippen LogP contribution in [0.2, 0.25) is 0 Å². The average molecular weight is 238 g/mol. The molecule has 1 N–H and O–H groups in total. The highest BCUT2D eigenvalue weighted by atomic mass is 16.3. The Kier molecular flexibility index (Phi) is 2.33. The molecule has 0 bridgehead atoms. The number of phenols is 1. The lowest BCUT2D eigenvalue weighted by molar-refractivity contribution is 0.475. The Morgan fingerprint density at radius 3 is 2.61 bits per heavy atom. The van der Waals surface area contributed by atoms with Crippen molar-refractivity contribution in [2.75, 3.05) is 0 Å². The SMILES string of the molecule is Cc1cccc2nc(-c3cccc(O)c3)n(C)c12. The van der Waals surface area contributed by atoms with Gasteiger partial charge in [-0.2, -0.15) is 0 Å². The van der Waals surface area contributed by atoms with Gasteiger partial charge < -0.3 is 9.67 Å². The molecule has 0 atom stereocenters. The van der Waals surface area contributed by atoms with Crippen LogP contribution >= 0.6 is 0 Å². The second-order valence-electron chi connectivity index (χ2n) is 4.49. The Hall–Kier alpha value is -2.29. The molecule has 0 radical (unpaired) electrons. The zero-order chi connectivity index (χ0) is 12.7.